The second-order valence-electron chi connectivity index (χ2n) is 15.6. The zero-order chi connectivity index (χ0) is 40.3. The summed E-state index contributed by atoms with van der Waals surface area (Å²) in [5.41, 5.74) is 15.7. The van der Waals surface area contributed by atoms with Crippen LogP contribution in [0.2, 0.25) is 0 Å². The summed E-state index contributed by atoms with van der Waals surface area (Å²) in [5, 5.41) is 6.68. The van der Waals surface area contributed by atoms with Crippen LogP contribution >= 0.6 is 0 Å². The summed E-state index contributed by atoms with van der Waals surface area (Å²) in [4.78, 5) is 2.30. The van der Waals surface area contributed by atoms with Gasteiger partial charge in [-0.05, 0) is 92.9 Å². The molecule has 0 N–H and O–H groups in total. The van der Waals surface area contributed by atoms with Crippen molar-refractivity contribution in [1.29, 1.82) is 0 Å². The highest BCUT2D eigenvalue weighted by molar-refractivity contribution is 6.24. The van der Waals surface area contributed by atoms with Crippen LogP contribution in [0.3, 0.4) is 0 Å². The van der Waals surface area contributed by atoms with E-state index in [4.69, 9.17) is 8.83 Å². The van der Waals surface area contributed by atoms with Gasteiger partial charge in [0.2, 0.25) is 0 Å². The zero-order valence-corrected chi connectivity index (χ0v) is 33.1. The van der Waals surface area contributed by atoms with Gasteiger partial charge in [-0.2, -0.15) is 0 Å². The number of fused-ring (bicyclic) bond motifs is 8. The van der Waals surface area contributed by atoms with Gasteiger partial charge in [0, 0.05) is 43.9 Å². The van der Waals surface area contributed by atoms with Crippen LogP contribution in [-0.4, -0.2) is 0 Å². The van der Waals surface area contributed by atoms with E-state index in [1.165, 1.54) is 27.6 Å². The predicted octanol–water partition coefficient (Wildman–Crippen LogP) is 16.8. The molecular weight excluding hydrogens is 743 g/mol. The Bertz CT molecular complexity index is 3550. The predicted molar refractivity (Wildman–Crippen MR) is 255 cm³/mol. The first-order chi connectivity index (χ1) is 30.3. The quantitative estimate of drug-likeness (QED) is 0.161. The maximum absolute atomic E-state index is 7.12. The van der Waals surface area contributed by atoms with E-state index in [-0.39, 0.29) is 0 Å². The molecule has 3 heteroatoms. The number of rotatable bonds is 7. The molecule has 0 atom stereocenters. The minimum atomic E-state index is 0.850. The molecule has 0 aliphatic rings. The molecule has 12 rings (SSSR count). The van der Waals surface area contributed by atoms with Gasteiger partial charge in [-0.1, -0.05) is 176 Å². The minimum absolute atomic E-state index is 0.850. The third-order valence-corrected chi connectivity index (χ3v) is 12.1. The van der Waals surface area contributed by atoms with Crippen LogP contribution in [-0.2, 0) is 0 Å². The number of hydrogen-bond donors (Lipinski definition) is 0. The first kappa shape index (κ1) is 34.9. The molecule has 3 nitrogen and oxygen atoms in total. The number of hydrogen-bond acceptors (Lipinski definition) is 3. The molecule has 0 amide bonds. The number of furan rings is 2. The molecule has 0 fully saturated rings. The molecule has 0 radical (unpaired) electrons. The smallest absolute Gasteiger partial charge is 0.159 e. The SMILES string of the molecule is c1ccc(-c2ccc(N(c3ccc(-c4ccc(-c5ccccc5)c5c4oc4c6ccccc6c(-c6ccccc6)cc45)cc3)c3cccc4c3oc3ccccc34)cc2)cc1. The zero-order valence-electron chi connectivity index (χ0n) is 33.1. The van der Waals surface area contributed by atoms with E-state index in [1.807, 2.05) is 12.1 Å². The minimum Gasteiger partial charge on any atom is -0.455 e. The van der Waals surface area contributed by atoms with Crippen molar-refractivity contribution in [3.8, 4) is 44.5 Å². The van der Waals surface area contributed by atoms with Crippen molar-refractivity contribution in [2.45, 2.75) is 0 Å². The standard InChI is InChI=1S/C58H37NO2/c1-4-15-38(16-5-1)39-27-31-43(32-28-39)59(53-25-14-24-50-48-22-12-13-26-54(48)60-57(50)53)44-33-29-42(30-34-44)46-36-35-45(40-17-6-2-7-18-40)55-52-37-51(41-19-8-3-9-20-41)47-21-10-11-23-49(47)56(52)61-58(46)55/h1-37H. The second kappa shape index (κ2) is 14.3. The van der Waals surface area contributed by atoms with E-state index in [9.17, 15) is 0 Å². The van der Waals surface area contributed by atoms with Crippen LogP contribution in [0.5, 0.6) is 0 Å². The summed E-state index contributed by atoms with van der Waals surface area (Å²) in [7, 11) is 0. The first-order valence-electron chi connectivity index (χ1n) is 20.7. The van der Waals surface area contributed by atoms with Gasteiger partial charge in [-0.25, -0.2) is 0 Å². The third kappa shape index (κ3) is 5.82. The number of para-hydroxylation sites is 2. The van der Waals surface area contributed by atoms with Gasteiger partial charge < -0.3 is 13.7 Å². The summed E-state index contributed by atoms with van der Waals surface area (Å²) in [6.07, 6.45) is 0. The van der Waals surface area contributed by atoms with E-state index in [0.29, 0.717) is 0 Å². The summed E-state index contributed by atoms with van der Waals surface area (Å²) in [6, 6.07) is 79.6. The molecule has 2 heterocycles. The molecule has 0 aliphatic carbocycles. The van der Waals surface area contributed by atoms with Crippen LogP contribution in [0.25, 0.3) is 99.2 Å². The van der Waals surface area contributed by atoms with Crippen LogP contribution in [0, 0.1) is 0 Å². The molecule has 0 spiro atoms. The van der Waals surface area contributed by atoms with Crippen molar-refractivity contribution >= 4 is 71.7 Å². The molecule has 286 valence electrons. The fourth-order valence-electron chi connectivity index (χ4n) is 9.20. The van der Waals surface area contributed by atoms with Gasteiger partial charge >= 0.3 is 0 Å². The fourth-order valence-corrected chi connectivity index (χ4v) is 9.20. The first-order valence-corrected chi connectivity index (χ1v) is 20.7. The Morgan fingerprint density at radius 3 is 1.46 bits per heavy atom. The van der Waals surface area contributed by atoms with Crippen molar-refractivity contribution in [2.75, 3.05) is 4.90 Å². The third-order valence-electron chi connectivity index (χ3n) is 12.1. The molecule has 0 saturated heterocycles. The second-order valence-corrected chi connectivity index (χ2v) is 15.6. The van der Waals surface area contributed by atoms with Gasteiger partial charge in [0.05, 0.1) is 5.69 Å². The van der Waals surface area contributed by atoms with E-state index < -0.39 is 0 Å². The monoisotopic (exact) mass is 779 g/mol. The van der Waals surface area contributed by atoms with E-state index in [0.717, 1.165) is 88.6 Å². The normalized spacial score (nSPS) is 11.6. The van der Waals surface area contributed by atoms with Crippen molar-refractivity contribution in [3.63, 3.8) is 0 Å². The molecular formula is C58H37NO2. The average molecular weight is 780 g/mol. The highest BCUT2D eigenvalue weighted by Gasteiger charge is 2.23. The Kier molecular flexibility index (Phi) is 8.17. The number of anilines is 3. The lowest BCUT2D eigenvalue weighted by Gasteiger charge is -2.26. The molecule has 2 aromatic heterocycles. The van der Waals surface area contributed by atoms with Crippen molar-refractivity contribution in [3.05, 3.63) is 224 Å². The average Bonchev–Trinajstić information content (AvgIpc) is 3.92. The largest absolute Gasteiger partial charge is 0.455 e. The summed E-state index contributed by atoms with van der Waals surface area (Å²) >= 11 is 0. The molecule has 10 aromatic carbocycles. The van der Waals surface area contributed by atoms with Gasteiger partial charge in [0.15, 0.2) is 5.58 Å². The number of nitrogens with zero attached hydrogens (tertiary/aromatic N) is 1. The maximum atomic E-state index is 7.12. The molecule has 0 saturated carbocycles. The topological polar surface area (TPSA) is 29.5 Å². The summed E-state index contributed by atoms with van der Waals surface area (Å²) < 4.78 is 13.8. The highest BCUT2D eigenvalue weighted by atomic mass is 16.3. The Morgan fingerprint density at radius 2 is 0.770 bits per heavy atom. The highest BCUT2D eigenvalue weighted by Crippen LogP contribution is 2.47. The number of benzene rings is 10. The van der Waals surface area contributed by atoms with Crippen LogP contribution in [0.15, 0.2) is 233 Å². The molecule has 0 unspecified atom stereocenters. The van der Waals surface area contributed by atoms with Gasteiger partial charge in [0.1, 0.15) is 16.7 Å². The summed E-state index contributed by atoms with van der Waals surface area (Å²) in [6.45, 7) is 0. The van der Waals surface area contributed by atoms with Crippen LogP contribution < -0.4 is 4.90 Å². The Labute approximate surface area is 353 Å². The van der Waals surface area contributed by atoms with Gasteiger partial charge in [-0.3, -0.25) is 0 Å². The van der Waals surface area contributed by atoms with Crippen LogP contribution in [0.4, 0.5) is 17.1 Å². The lowest BCUT2D eigenvalue weighted by Crippen LogP contribution is -2.10. The maximum Gasteiger partial charge on any atom is 0.159 e. The Morgan fingerprint density at radius 1 is 0.279 bits per heavy atom. The fraction of sp³-hybridized carbons (Fsp3) is 0. The lowest BCUT2D eigenvalue weighted by molar-refractivity contribution is 0.669. The van der Waals surface area contributed by atoms with Gasteiger partial charge in [0.25, 0.3) is 0 Å². The molecule has 0 bridgehead atoms. The van der Waals surface area contributed by atoms with Crippen LogP contribution in [0.1, 0.15) is 0 Å². The van der Waals surface area contributed by atoms with Crippen molar-refractivity contribution < 1.29 is 8.83 Å². The van der Waals surface area contributed by atoms with Crippen molar-refractivity contribution in [2.24, 2.45) is 0 Å². The lowest BCUT2D eigenvalue weighted by atomic mass is 9.91. The molecule has 61 heavy (non-hydrogen) atoms. The molecule has 12 aromatic rings. The molecule has 0 aliphatic heterocycles. The Hall–Kier alpha value is -8.14. The summed E-state index contributed by atoms with van der Waals surface area (Å²) in [5.74, 6) is 0. The van der Waals surface area contributed by atoms with E-state index in [2.05, 4.69) is 217 Å². The van der Waals surface area contributed by atoms with E-state index >= 15 is 0 Å². The van der Waals surface area contributed by atoms with Gasteiger partial charge in [-0.15, -0.1) is 0 Å². The Balaban J connectivity index is 1.05. The van der Waals surface area contributed by atoms with E-state index in [1.54, 1.807) is 0 Å². The van der Waals surface area contributed by atoms with Crippen molar-refractivity contribution in [1.82, 2.24) is 0 Å².